The molecule has 0 spiro atoms. The molecule has 0 saturated carbocycles. The Morgan fingerprint density at radius 3 is 2.57 bits per heavy atom. The first-order valence-electron chi connectivity index (χ1n) is 7.67. The molecule has 1 fully saturated rings. The second-order valence-electron chi connectivity index (χ2n) is 6.02. The molecule has 1 aliphatic heterocycles. The van der Waals surface area contributed by atoms with Gasteiger partial charge in [-0.25, -0.2) is 8.42 Å². The molecule has 4 nitrogen and oxygen atoms in total. The number of aromatic amines is 1. The fourth-order valence-corrected chi connectivity index (χ4v) is 5.04. The maximum Gasteiger partial charge on any atom is 0.243 e. The Labute approximate surface area is 142 Å². The van der Waals surface area contributed by atoms with Gasteiger partial charge in [-0.1, -0.05) is 29.9 Å². The summed E-state index contributed by atoms with van der Waals surface area (Å²) in [5.74, 6) is 0. The topological polar surface area (TPSA) is 53.2 Å². The average molecular weight is 348 g/mol. The van der Waals surface area contributed by atoms with Crippen LogP contribution in [0, 0.1) is 18.5 Å². The zero-order valence-corrected chi connectivity index (χ0v) is 14.9. The number of rotatable bonds is 3. The lowest BCUT2D eigenvalue weighted by Crippen LogP contribution is -2.31. The predicted octanol–water partition coefficient (Wildman–Crippen LogP) is 3.89. The molecular weight excluding hydrogens is 328 g/mol. The summed E-state index contributed by atoms with van der Waals surface area (Å²) >= 11 is 5.14. The Balaban J connectivity index is 2.01. The van der Waals surface area contributed by atoms with Gasteiger partial charge < -0.3 is 4.98 Å². The zero-order chi connectivity index (χ0) is 16.6. The van der Waals surface area contributed by atoms with E-state index in [9.17, 15) is 8.42 Å². The summed E-state index contributed by atoms with van der Waals surface area (Å²) in [7, 11) is -3.49. The molecule has 1 N–H and O–H groups in total. The standard InChI is InChI=1S/C17H20N2O2S2/c1-12-5-7-14(8-6-12)23(20,21)19-9-3-4-16(19)15-11-18-17(22)10-13(15)2/h5-8,10-11,16H,3-4,9H2,1-2H3,(H,18,22)/t16-/m0/s1. The lowest BCUT2D eigenvalue weighted by Gasteiger charge is -2.25. The minimum Gasteiger partial charge on any atom is -0.353 e. The second-order valence-corrected chi connectivity index (χ2v) is 8.35. The fraction of sp³-hybridized carbons (Fsp3) is 0.353. The first kappa shape index (κ1) is 16.4. The SMILES string of the molecule is Cc1ccc(S(=O)(=O)N2CCC[C@H]2c2c[nH]c(=S)cc2C)cc1. The highest BCUT2D eigenvalue weighted by molar-refractivity contribution is 7.89. The lowest BCUT2D eigenvalue weighted by molar-refractivity contribution is 0.395. The van der Waals surface area contributed by atoms with Crippen LogP contribution >= 0.6 is 12.2 Å². The average Bonchev–Trinajstić information content (AvgIpc) is 2.97. The molecule has 2 heterocycles. The van der Waals surface area contributed by atoms with Crippen molar-refractivity contribution in [1.29, 1.82) is 0 Å². The number of aromatic nitrogens is 1. The number of nitrogens with one attached hydrogen (secondary N) is 1. The molecule has 0 radical (unpaired) electrons. The van der Waals surface area contributed by atoms with E-state index in [0.717, 1.165) is 29.5 Å². The van der Waals surface area contributed by atoms with Gasteiger partial charge in [-0.2, -0.15) is 4.31 Å². The van der Waals surface area contributed by atoms with E-state index in [1.807, 2.05) is 38.2 Å². The van der Waals surface area contributed by atoms with Crippen LogP contribution in [0.3, 0.4) is 0 Å². The first-order valence-corrected chi connectivity index (χ1v) is 9.52. The van der Waals surface area contributed by atoms with Gasteiger partial charge in [0, 0.05) is 12.7 Å². The Kier molecular flexibility index (Phi) is 4.40. The Bertz CT molecular complexity index is 870. The summed E-state index contributed by atoms with van der Waals surface area (Å²) < 4.78 is 28.3. The maximum absolute atomic E-state index is 13.0. The summed E-state index contributed by atoms with van der Waals surface area (Å²) in [6, 6.07) is 8.80. The number of aryl methyl sites for hydroxylation is 2. The van der Waals surface area contributed by atoms with Gasteiger partial charge in [0.1, 0.15) is 4.64 Å². The van der Waals surface area contributed by atoms with Crippen molar-refractivity contribution in [3.05, 3.63) is 57.9 Å². The molecule has 0 bridgehead atoms. The molecule has 2 aromatic rings. The largest absolute Gasteiger partial charge is 0.353 e. The van der Waals surface area contributed by atoms with E-state index >= 15 is 0 Å². The Morgan fingerprint density at radius 1 is 1.22 bits per heavy atom. The van der Waals surface area contributed by atoms with Gasteiger partial charge in [0.2, 0.25) is 10.0 Å². The van der Waals surface area contributed by atoms with Crippen LogP contribution in [0.1, 0.15) is 35.6 Å². The van der Waals surface area contributed by atoms with Crippen LogP contribution in [0.15, 0.2) is 41.4 Å². The molecule has 122 valence electrons. The van der Waals surface area contributed by atoms with E-state index in [2.05, 4.69) is 4.98 Å². The van der Waals surface area contributed by atoms with Gasteiger partial charge in [0.15, 0.2) is 0 Å². The third-order valence-electron chi connectivity index (χ3n) is 4.36. The summed E-state index contributed by atoms with van der Waals surface area (Å²) in [6.45, 7) is 4.48. The van der Waals surface area contributed by atoms with Crippen molar-refractivity contribution < 1.29 is 8.42 Å². The number of benzene rings is 1. The second kappa shape index (κ2) is 6.19. The van der Waals surface area contributed by atoms with Gasteiger partial charge in [0.25, 0.3) is 0 Å². The summed E-state index contributed by atoms with van der Waals surface area (Å²) in [5.41, 5.74) is 3.09. The van der Waals surface area contributed by atoms with E-state index in [1.54, 1.807) is 16.4 Å². The van der Waals surface area contributed by atoms with Crippen LogP contribution in [-0.2, 0) is 10.0 Å². The van der Waals surface area contributed by atoms with E-state index in [1.165, 1.54) is 0 Å². The molecule has 0 aliphatic carbocycles. The number of sulfonamides is 1. The summed E-state index contributed by atoms with van der Waals surface area (Å²) in [4.78, 5) is 3.39. The van der Waals surface area contributed by atoms with Crippen LogP contribution in [0.25, 0.3) is 0 Å². The van der Waals surface area contributed by atoms with Gasteiger partial charge in [-0.15, -0.1) is 0 Å². The van der Waals surface area contributed by atoms with Gasteiger partial charge in [-0.3, -0.25) is 0 Å². The number of H-pyrrole nitrogens is 1. The number of pyridine rings is 1. The van der Waals surface area contributed by atoms with Gasteiger partial charge >= 0.3 is 0 Å². The minimum absolute atomic E-state index is 0.131. The molecule has 6 heteroatoms. The monoisotopic (exact) mass is 348 g/mol. The number of hydrogen-bond donors (Lipinski definition) is 1. The predicted molar refractivity (Wildman–Crippen MR) is 93.4 cm³/mol. The third-order valence-corrected chi connectivity index (χ3v) is 6.52. The molecule has 23 heavy (non-hydrogen) atoms. The van der Waals surface area contributed by atoms with Crippen molar-refractivity contribution in [2.75, 3.05) is 6.54 Å². The van der Waals surface area contributed by atoms with Crippen molar-refractivity contribution in [3.8, 4) is 0 Å². The minimum atomic E-state index is -3.49. The van der Waals surface area contributed by atoms with Crippen molar-refractivity contribution >= 4 is 22.2 Å². The van der Waals surface area contributed by atoms with Crippen LogP contribution in [-0.4, -0.2) is 24.3 Å². The highest BCUT2D eigenvalue weighted by Gasteiger charge is 2.36. The highest BCUT2D eigenvalue weighted by atomic mass is 32.2. The maximum atomic E-state index is 13.0. The third kappa shape index (κ3) is 3.11. The highest BCUT2D eigenvalue weighted by Crippen LogP contribution is 2.37. The fourth-order valence-electron chi connectivity index (χ4n) is 3.13. The molecule has 1 atom stereocenters. The Hall–Kier alpha value is -1.50. The number of hydrogen-bond acceptors (Lipinski definition) is 3. The molecule has 0 amide bonds. The molecule has 1 saturated heterocycles. The van der Waals surface area contributed by atoms with Crippen molar-refractivity contribution in [2.24, 2.45) is 0 Å². The van der Waals surface area contributed by atoms with Crippen molar-refractivity contribution in [2.45, 2.75) is 37.6 Å². The molecule has 1 aliphatic rings. The molecule has 3 rings (SSSR count). The van der Waals surface area contributed by atoms with Gasteiger partial charge in [0.05, 0.1) is 10.9 Å². The van der Waals surface area contributed by atoms with Crippen LogP contribution in [0.5, 0.6) is 0 Å². The van der Waals surface area contributed by atoms with E-state index in [-0.39, 0.29) is 6.04 Å². The molecule has 1 aromatic carbocycles. The van der Waals surface area contributed by atoms with Crippen LogP contribution in [0.2, 0.25) is 0 Å². The Morgan fingerprint density at radius 2 is 1.91 bits per heavy atom. The normalized spacial score (nSPS) is 19.1. The first-order chi connectivity index (χ1) is 10.9. The quantitative estimate of drug-likeness (QED) is 0.856. The summed E-state index contributed by atoms with van der Waals surface area (Å²) in [5, 5.41) is 0. The molecule has 1 aromatic heterocycles. The zero-order valence-electron chi connectivity index (χ0n) is 13.2. The van der Waals surface area contributed by atoms with Crippen molar-refractivity contribution in [1.82, 2.24) is 9.29 Å². The summed E-state index contributed by atoms with van der Waals surface area (Å²) in [6.07, 6.45) is 3.55. The molecule has 0 unspecified atom stereocenters. The van der Waals surface area contributed by atoms with Gasteiger partial charge in [-0.05, 0) is 56.0 Å². The van der Waals surface area contributed by atoms with E-state index in [0.29, 0.717) is 16.1 Å². The smallest absolute Gasteiger partial charge is 0.243 e. The van der Waals surface area contributed by atoms with Crippen LogP contribution in [0.4, 0.5) is 0 Å². The van der Waals surface area contributed by atoms with E-state index < -0.39 is 10.0 Å². The van der Waals surface area contributed by atoms with Crippen molar-refractivity contribution in [3.63, 3.8) is 0 Å². The molecular formula is C17H20N2O2S2. The lowest BCUT2D eigenvalue weighted by atomic mass is 10.0. The van der Waals surface area contributed by atoms with Crippen LogP contribution < -0.4 is 0 Å². The van der Waals surface area contributed by atoms with E-state index in [4.69, 9.17) is 12.2 Å². The number of nitrogens with zero attached hydrogens (tertiary/aromatic N) is 1.